The van der Waals surface area contributed by atoms with Crippen LogP contribution in [0.25, 0.3) is 0 Å². The van der Waals surface area contributed by atoms with Gasteiger partial charge in [0.1, 0.15) is 0 Å². The Kier molecular flexibility index (Phi) is 9.48. The molecule has 0 spiro atoms. The van der Waals surface area contributed by atoms with Crippen molar-refractivity contribution in [3.8, 4) is 0 Å². The minimum Gasteiger partial charge on any atom is -0.357 e. The summed E-state index contributed by atoms with van der Waals surface area (Å²) < 4.78 is 0. The van der Waals surface area contributed by atoms with E-state index in [4.69, 9.17) is 4.99 Å². The lowest BCUT2D eigenvalue weighted by Gasteiger charge is -2.18. The fourth-order valence-corrected chi connectivity index (χ4v) is 2.90. The number of nitrogens with zero attached hydrogens (tertiary/aromatic N) is 2. The minimum absolute atomic E-state index is 0.505. The Morgan fingerprint density at radius 2 is 2.10 bits per heavy atom. The highest BCUT2D eigenvalue weighted by Gasteiger charge is 2.19. The van der Waals surface area contributed by atoms with Gasteiger partial charge >= 0.3 is 0 Å². The van der Waals surface area contributed by atoms with Crippen molar-refractivity contribution in [2.24, 2.45) is 10.9 Å². The van der Waals surface area contributed by atoms with Crippen molar-refractivity contribution in [3.05, 3.63) is 0 Å². The van der Waals surface area contributed by atoms with Crippen LogP contribution in [0.3, 0.4) is 0 Å². The molecule has 0 saturated carbocycles. The molecule has 124 valence electrons. The third-order valence-electron chi connectivity index (χ3n) is 4.21. The monoisotopic (exact) mass is 296 g/mol. The molecule has 0 aromatic rings. The molecule has 0 radical (unpaired) electrons. The number of hydrogen-bond donors (Lipinski definition) is 2. The third-order valence-corrected chi connectivity index (χ3v) is 4.21. The van der Waals surface area contributed by atoms with Gasteiger partial charge in [-0.2, -0.15) is 0 Å². The van der Waals surface area contributed by atoms with Crippen molar-refractivity contribution in [1.29, 1.82) is 0 Å². The molecule has 1 fully saturated rings. The molecule has 0 aromatic carbocycles. The van der Waals surface area contributed by atoms with Crippen molar-refractivity contribution in [1.82, 2.24) is 15.5 Å². The molecule has 4 heteroatoms. The van der Waals surface area contributed by atoms with E-state index in [2.05, 4.69) is 43.4 Å². The second-order valence-electron chi connectivity index (χ2n) is 6.53. The molecule has 1 rings (SSSR count). The summed E-state index contributed by atoms with van der Waals surface area (Å²) in [6.07, 6.45) is 7.85. The maximum atomic E-state index is 4.78. The Labute approximate surface area is 131 Å². The second kappa shape index (κ2) is 10.9. The van der Waals surface area contributed by atoms with Crippen LogP contribution in [-0.4, -0.2) is 50.1 Å². The first-order chi connectivity index (χ1) is 10.2. The Morgan fingerprint density at radius 3 is 2.71 bits per heavy atom. The number of rotatable bonds is 9. The Morgan fingerprint density at radius 1 is 1.29 bits per heavy atom. The van der Waals surface area contributed by atoms with Gasteiger partial charge in [-0.1, -0.05) is 32.6 Å². The van der Waals surface area contributed by atoms with E-state index in [0.717, 1.165) is 25.0 Å². The van der Waals surface area contributed by atoms with E-state index in [9.17, 15) is 0 Å². The van der Waals surface area contributed by atoms with Crippen molar-refractivity contribution in [2.75, 3.05) is 33.2 Å². The Hall–Kier alpha value is -0.770. The molecule has 1 aliphatic heterocycles. The van der Waals surface area contributed by atoms with Gasteiger partial charge in [-0.3, -0.25) is 4.99 Å². The van der Waals surface area contributed by atoms with Gasteiger partial charge in [0.15, 0.2) is 5.96 Å². The highest BCUT2D eigenvalue weighted by atomic mass is 15.2. The van der Waals surface area contributed by atoms with E-state index in [1.54, 1.807) is 0 Å². The first kappa shape index (κ1) is 18.3. The fraction of sp³-hybridized carbons (Fsp3) is 0.941. The highest BCUT2D eigenvalue weighted by Crippen LogP contribution is 2.14. The van der Waals surface area contributed by atoms with Gasteiger partial charge in [0.05, 0.1) is 0 Å². The second-order valence-corrected chi connectivity index (χ2v) is 6.53. The summed E-state index contributed by atoms with van der Waals surface area (Å²) in [6, 6.07) is 0.505. The summed E-state index contributed by atoms with van der Waals surface area (Å²) >= 11 is 0. The van der Waals surface area contributed by atoms with Crippen molar-refractivity contribution >= 4 is 5.96 Å². The lowest BCUT2D eigenvalue weighted by Crippen LogP contribution is -2.42. The maximum Gasteiger partial charge on any atom is 0.191 e. The van der Waals surface area contributed by atoms with Crippen LogP contribution < -0.4 is 10.6 Å². The van der Waals surface area contributed by atoms with Gasteiger partial charge in [0.2, 0.25) is 0 Å². The van der Waals surface area contributed by atoms with Crippen LogP contribution in [0.1, 0.15) is 59.3 Å². The summed E-state index contributed by atoms with van der Waals surface area (Å²) in [4.78, 5) is 7.18. The third kappa shape index (κ3) is 8.30. The molecule has 0 bridgehead atoms. The zero-order valence-corrected chi connectivity index (χ0v) is 14.6. The molecule has 1 aliphatic rings. The van der Waals surface area contributed by atoms with E-state index < -0.39 is 0 Å². The van der Waals surface area contributed by atoms with Crippen LogP contribution in [0.5, 0.6) is 0 Å². The van der Waals surface area contributed by atoms with Crippen LogP contribution in [0, 0.1) is 5.92 Å². The van der Waals surface area contributed by atoms with Crippen LogP contribution in [0.2, 0.25) is 0 Å². The molecule has 2 unspecified atom stereocenters. The summed E-state index contributed by atoms with van der Waals surface area (Å²) in [6.45, 7) is 10.9. The molecule has 0 amide bonds. The van der Waals surface area contributed by atoms with Crippen molar-refractivity contribution in [2.45, 2.75) is 65.3 Å². The van der Waals surface area contributed by atoms with Crippen LogP contribution in [0.15, 0.2) is 4.99 Å². The van der Waals surface area contributed by atoms with E-state index in [0.29, 0.717) is 6.04 Å². The average Bonchev–Trinajstić information content (AvgIpc) is 2.87. The van der Waals surface area contributed by atoms with Crippen LogP contribution in [0.4, 0.5) is 0 Å². The maximum absolute atomic E-state index is 4.78. The van der Waals surface area contributed by atoms with Crippen molar-refractivity contribution < 1.29 is 0 Å². The number of hydrogen-bond acceptors (Lipinski definition) is 2. The normalized spacial score (nSPS) is 21.5. The number of nitrogens with one attached hydrogen (secondary N) is 2. The van der Waals surface area contributed by atoms with E-state index in [1.165, 1.54) is 51.6 Å². The first-order valence-corrected chi connectivity index (χ1v) is 8.89. The molecule has 21 heavy (non-hydrogen) atoms. The van der Waals surface area contributed by atoms with Gasteiger partial charge in [-0.15, -0.1) is 0 Å². The molecule has 0 aliphatic carbocycles. The predicted octanol–water partition coefficient (Wildman–Crippen LogP) is 2.85. The largest absolute Gasteiger partial charge is 0.357 e. The topological polar surface area (TPSA) is 39.7 Å². The fourth-order valence-electron chi connectivity index (χ4n) is 2.90. The predicted molar refractivity (Wildman–Crippen MR) is 92.9 cm³/mol. The van der Waals surface area contributed by atoms with Crippen molar-refractivity contribution in [3.63, 3.8) is 0 Å². The van der Waals surface area contributed by atoms with Gasteiger partial charge in [-0.25, -0.2) is 0 Å². The molecule has 2 atom stereocenters. The molecule has 0 aromatic heterocycles. The summed E-state index contributed by atoms with van der Waals surface area (Å²) in [7, 11) is 2.20. The zero-order chi connectivity index (χ0) is 15.5. The molecule has 2 N–H and O–H groups in total. The smallest absolute Gasteiger partial charge is 0.191 e. The number of guanidine groups is 1. The Bertz CT molecular complexity index is 291. The molecule has 1 saturated heterocycles. The van der Waals surface area contributed by atoms with E-state index in [1.807, 2.05) is 0 Å². The summed E-state index contributed by atoms with van der Waals surface area (Å²) in [5.41, 5.74) is 0. The van der Waals surface area contributed by atoms with E-state index in [-0.39, 0.29) is 0 Å². The zero-order valence-electron chi connectivity index (χ0n) is 14.6. The SMILES string of the molecule is CCCCCCC(C)NC(=NCC1CCN(C)C1)NCC. The molecule has 1 heterocycles. The highest BCUT2D eigenvalue weighted by molar-refractivity contribution is 5.80. The average molecular weight is 297 g/mol. The minimum atomic E-state index is 0.505. The molecular weight excluding hydrogens is 260 g/mol. The van der Waals surface area contributed by atoms with Crippen LogP contribution in [-0.2, 0) is 0 Å². The quantitative estimate of drug-likeness (QED) is 0.390. The first-order valence-electron chi connectivity index (χ1n) is 8.89. The van der Waals surface area contributed by atoms with Gasteiger partial charge in [0.25, 0.3) is 0 Å². The standard InChI is InChI=1S/C17H36N4/c1-5-7-8-9-10-15(3)20-17(18-6-2)19-13-16-11-12-21(4)14-16/h15-16H,5-14H2,1-4H3,(H2,18,19,20). The summed E-state index contributed by atoms with van der Waals surface area (Å²) in [5, 5.41) is 6.93. The van der Waals surface area contributed by atoms with Gasteiger partial charge < -0.3 is 15.5 Å². The molecular formula is C17H36N4. The van der Waals surface area contributed by atoms with Gasteiger partial charge in [-0.05, 0) is 46.2 Å². The Balaban J connectivity index is 2.30. The van der Waals surface area contributed by atoms with Crippen LogP contribution >= 0.6 is 0 Å². The lowest BCUT2D eigenvalue weighted by atomic mass is 10.1. The number of aliphatic imine (C=N–C) groups is 1. The number of likely N-dealkylation sites (tertiary alicyclic amines) is 1. The number of unbranched alkanes of at least 4 members (excludes halogenated alkanes) is 3. The summed E-state index contributed by atoms with van der Waals surface area (Å²) in [5.74, 6) is 1.72. The molecule has 4 nitrogen and oxygen atoms in total. The lowest BCUT2D eigenvalue weighted by molar-refractivity contribution is 0.397. The van der Waals surface area contributed by atoms with Gasteiger partial charge in [0, 0.05) is 25.7 Å². The van der Waals surface area contributed by atoms with E-state index >= 15 is 0 Å².